The van der Waals surface area contributed by atoms with Gasteiger partial charge in [-0.1, -0.05) is 0 Å². The molecule has 2 aromatic rings. The number of nitrogens with zero attached hydrogens (tertiary/aromatic N) is 1. The number of hydrogen-bond acceptors (Lipinski definition) is 3. The maximum Gasteiger partial charge on any atom is 0.226 e. The summed E-state index contributed by atoms with van der Waals surface area (Å²) in [5, 5.41) is 0. The summed E-state index contributed by atoms with van der Waals surface area (Å²) in [6.45, 7) is 1.89. The van der Waals surface area contributed by atoms with E-state index in [0.717, 1.165) is 16.9 Å². The van der Waals surface area contributed by atoms with Crippen molar-refractivity contribution in [3.8, 4) is 11.5 Å². The van der Waals surface area contributed by atoms with Gasteiger partial charge in [0, 0.05) is 11.3 Å². The van der Waals surface area contributed by atoms with Crippen molar-refractivity contribution in [1.29, 1.82) is 0 Å². The average Bonchev–Trinajstić information content (AvgIpc) is 2.53. The van der Waals surface area contributed by atoms with Crippen LogP contribution in [0.4, 0.5) is 5.69 Å². The normalized spacial score (nSPS) is 10.2. The number of oxazole rings is 1. The highest BCUT2D eigenvalue weighted by Crippen LogP contribution is 2.19. The van der Waals surface area contributed by atoms with Gasteiger partial charge in [-0.2, -0.15) is 0 Å². The summed E-state index contributed by atoms with van der Waals surface area (Å²) in [5.41, 5.74) is 8.13. The van der Waals surface area contributed by atoms with E-state index in [2.05, 4.69) is 4.98 Å². The van der Waals surface area contributed by atoms with Crippen LogP contribution in [0.2, 0.25) is 0 Å². The number of aryl methyl sites for hydroxylation is 1. The quantitative estimate of drug-likeness (QED) is 0.674. The number of anilines is 1. The zero-order chi connectivity index (χ0) is 9.26. The monoisotopic (exact) mass is 174 g/mol. The molecule has 0 aliphatic rings. The van der Waals surface area contributed by atoms with Crippen LogP contribution in [0.5, 0.6) is 0 Å². The van der Waals surface area contributed by atoms with Crippen LogP contribution >= 0.6 is 0 Å². The minimum atomic E-state index is 0.637. The van der Waals surface area contributed by atoms with Crippen molar-refractivity contribution in [3.63, 3.8) is 0 Å². The van der Waals surface area contributed by atoms with Gasteiger partial charge in [0.1, 0.15) is 6.26 Å². The molecule has 0 saturated carbocycles. The molecule has 0 saturated heterocycles. The Kier molecular flexibility index (Phi) is 1.77. The molecule has 2 rings (SSSR count). The van der Waals surface area contributed by atoms with E-state index in [1.807, 2.05) is 31.2 Å². The van der Waals surface area contributed by atoms with E-state index in [9.17, 15) is 0 Å². The fourth-order valence-corrected chi connectivity index (χ4v) is 1.11. The molecule has 66 valence electrons. The number of aromatic nitrogens is 1. The molecule has 0 spiro atoms. The molecule has 0 aliphatic heterocycles. The molecule has 0 amide bonds. The molecule has 0 bridgehead atoms. The highest BCUT2D eigenvalue weighted by Gasteiger charge is 2.02. The molecule has 1 aromatic heterocycles. The van der Waals surface area contributed by atoms with E-state index in [1.165, 1.54) is 0 Å². The molecular formula is C10H10N2O. The molecule has 13 heavy (non-hydrogen) atoms. The summed E-state index contributed by atoms with van der Waals surface area (Å²) in [7, 11) is 0. The first-order chi connectivity index (χ1) is 6.25. The van der Waals surface area contributed by atoms with Crippen LogP contribution in [-0.2, 0) is 0 Å². The number of nitrogens with two attached hydrogens (primary N) is 1. The van der Waals surface area contributed by atoms with Gasteiger partial charge < -0.3 is 10.2 Å². The van der Waals surface area contributed by atoms with Gasteiger partial charge in [-0.25, -0.2) is 4.98 Å². The van der Waals surface area contributed by atoms with Crippen LogP contribution < -0.4 is 5.73 Å². The molecule has 0 unspecified atom stereocenters. The minimum absolute atomic E-state index is 0.637. The van der Waals surface area contributed by atoms with Gasteiger partial charge in [0.15, 0.2) is 0 Å². The SMILES string of the molecule is Cc1coc(-c2ccc(N)cc2)n1. The first-order valence-electron chi connectivity index (χ1n) is 4.04. The zero-order valence-corrected chi connectivity index (χ0v) is 7.32. The lowest BCUT2D eigenvalue weighted by atomic mass is 10.2. The topological polar surface area (TPSA) is 52.0 Å². The number of hydrogen-bond donors (Lipinski definition) is 1. The molecule has 0 radical (unpaired) electrons. The summed E-state index contributed by atoms with van der Waals surface area (Å²) in [5.74, 6) is 0.637. The van der Waals surface area contributed by atoms with Gasteiger partial charge in [-0.3, -0.25) is 0 Å². The first kappa shape index (κ1) is 7.86. The Labute approximate surface area is 76.2 Å². The Balaban J connectivity index is 2.41. The molecular weight excluding hydrogens is 164 g/mol. The smallest absolute Gasteiger partial charge is 0.226 e. The van der Waals surface area contributed by atoms with E-state index in [1.54, 1.807) is 6.26 Å². The van der Waals surface area contributed by atoms with Crippen LogP contribution in [0.3, 0.4) is 0 Å². The summed E-state index contributed by atoms with van der Waals surface area (Å²) in [6, 6.07) is 7.44. The largest absolute Gasteiger partial charge is 0.444 e. The van der Waals surface area contributed by atoms with Crippen molar-refractivity contribution in [2.24, 2.45) is 0 Å². The highest BCUT2D eigenvalue weighted by atomic mass is 16.3. The van der Waals surface area contributed by atoms with Crippen molar-refractivity contribution in [2.75, 3.05) is 5.73 Å². The lowest BCUT2D eigenvalue weighted by molar-refractivity contribution is 0.573. The molecule has 1 heterocycles. The van der Waals surface area contributed by atoms with Crippen LogP contribution in [0.15, 0.2) is 34.9 Å². The highest BCUT2D eigenvalue weighted by molar-refractivity contribution is 5.57. The van der Waals surface area contributed by atoms with E-state index < -0.39 is 0 Å². The van der Waals surface area contributed by atoms with E-state index in [4.69, 9.17) is 10.2 Å². The summed E-state index contributed by atoms with van der Waals surface area (Å²) < 4.78 is 5.24. The average molecular weight is 174 g/mol. The Bertz CT molecular complexity index is 403. The molecule has 0 atom stereocenters. The second-order valence-corrected chi connectivity index (χ2v) is 2.92. The third-order valence-electron chi connectivity index (χ3n) is 1.78. The van der Waals surface area contributed by atoms with Crippen LogP contribution in [0.1, 0.15) is 5.69 Å². The fraction of sp³-hybridized carbons (Fsp3) is 0.100. The first-order valence-corrected chi connectivity index (χ1v) is 4.04. The Morgan fingerprint density at radius 1 is 1.23 bits per heavy atom. The summed E-state index contributed by atoms with van der Waals surface area (Å²) in [4.78, 5) is 4.20. The number of nitrogen functional groups attached to an aromatic ring is 1. The standard InChI is InChI=1S/C10H10N2O/c1-7-6-13-10(12-7)8-2-4-9(11)5-3-8/h2-6H,11H2,1H3. The fourth-order valence-electron chi connectivity index (χ4n) is 1.11. The van der Waals surface area contributed by atoms with Gasteiger partial charge in [0.25, 0.3) is 0 Å². The van der Waals surface area contributed by atoms with E-state index in [0.29, 0.717) is 5.89 Å². The Hall–Kier alpha value is -1.77. The Morgan fingerprint density at radius 2 is 1.92 bits per heavy atom. The van der Waals surface area contributed by atoms with E-state index in [-0.39, 0.29) is 0 Å². The Morgan fingerprint density at radius 3 is 2.46 bits per heavy atom. The van der Waals surface area contributed by atoms with Gasteiger partial charge in [0.2, 0.25) is 5.89 Å². The number of rotatable bonds is 1. The van der Waals surface area contributed by atoms with Crippen molar-refractivity contribution in [2.45, 2.75) is 6.92 Å². The minimum Gasteiger partial charge on any atom is -0.444 e. The van der Waals surface area contributed by atoms with Gasteiger partial charge in [-0.15, -0.1) is 0 Å². The summed E-state index contributed by atoms with van der Waals surface area (Å²) >= 11 is 0. The third-order valence-corrected chi connectivity index (χ3v) is 1.78. The van der Waals surface area contributed by atoms with Crippen molar-refractivity contribution >= 4 is 5.69 Å². The molecule has 3 heteroatoms. The number of benzene rings is 1. The van der Waals surface area contributed by atoms with Crippen molar-refractivity contribution in [1.82, 2.24) is 4.98 Å². The summed E-state index contributed by atoms with van der Waals surface area (Å²) in [6.07, 6.45) is 1.63. The van der Waals surface area contributed by atoms with Crippen LogP contribution in [0, 0.1) is 6.92 Å². The maximum absolute atomic E-state index is 5.56. The predicted octanol–water partition coefficient (Wildman–Crippen LogP) is 2.23. The van der Waals surface area contributed by atoms with Gasteiger partial charge >= 0.3 is 0 Å². The molecule has 0 aliphatic carbocycles. The third kappa shape index (κ3) is 1.54. The van der Waals surface area contributed by atoms with Gasteiger partial charge in [0.05, 0.1) is 5.69 Å². The second-order valence-electron chi connectivity index (χ2n) is 2.92. The molecule has 2 N–H and O–H groups in total. The van der Waals surface area contributed by atoms with Gasteiger partial charge in [-0.05, 0) is 31.2 Å². The zero-order valence-electron chi connectivity index (χ0n) is 7.32. The van der Waals surface area contributed by atoms with Crippen LogP contribution in [-0.4, -0.2) is 4.98 Å². The lowest BCUT2D eigenvalue weighted by Crippen LogP contribution is -1.83. The van der Waals surface area contributed by atoms with Crippen molar-refractivity contribution < 1.29 is 4.42 Å². The lowest BCUT2D eigenvalue weighted by Gasteiger charge is -1.95. The predicted molar refractivity (Wildman–Crippen MR) is 51.1 cm³/mol. The van der Waals surface area contributed by atoms with E-state index >= 15 is 0 Å². The molecule has 0 fully saturated rings. The molecule has 1 aromatic carbocycles. The van der Waals surface area contributed by atoms with Crippen LogP contribution in [0.25, 0.3) is 11.5 Å². The molecule has 3 nitrogen and oxygen atoms in total. The second kappa shape index (κ2) is 2.94. The maximum atomic E-state index is 5.56. The van der Waals surface area contributed by atoms with Crippen molar-refractivity contribution in [3.05, 3.63) is 36.2 Å².